The van der Waals surface area contributed by atoms with Crippen molar-refractivity contribution in [2.75, 3.05) is 33.4 Å². The second kappa shape index (κ2) is 7.50. The van der Waals surface area contributed by atoms with Crippen molar-refractivity contribution < 1.29 is 19.1 Å². The number of nitrogens with one attached hydrogen (secondary N) is 1. The van der Waals surface area contributed by atoms with Gasteiger partial charge in [0.2, 0.25) is 11.8 Å². The van der Waals surface area contributed by atoms with Crippen LogP contribution in [-0.4, -0.2) is 55.7 Å². The largest absolute Gasteiger partial charge is 0.497 e. The summed E-state index contributed by atoms with van der Waals surface area (Å²) < 4.78 is 11.1. The Morgan fingerprint density at radius 2 is 1.96 bits per heavy atom. The van der Waals surface area contributed by atoms with E-state index in [1.54, 1.807) is 7.11 Å². The first-order valence-corrected chi connectivity index (χ1v) is 9.87. The number of carbonyl (C=O) groups excluding carboxylic acids is 2. The Balaban J connectivity index is 1.20. The number of likely N-dealkylation sites (tertiary alicyclic amines) is 1. The number of amides is 2. The number of hydrogen-bond donors (Lipinski definition) is 1. The summed E-state index contributed by atoms with van der Waals surface area (Å²) in [4.78, 5) is 26.4. The quantitative estimate of drug-likeness (QED) is 0.792. The maximum Gasteiger partial charge on any atom is 0.227 e. The Bertz CT molecular complexity index is 693. The highest BCUT2D eigenvalue weighted by Gasteiger charge is 2.51. The summed E-state index contributed by atoms with van der Waals surface area (Å²) in [7, 11) is 1.63. The molecule has 0 radical (unpaired) electrons. The summed E-state index contributed by atoms with van der Waals surface area (Å²) in [6.07, 6.45) is 4.30. The van der Waals surface area contributed by atoms with Gasteiger partial charge < -0.3 is 19.7 Å². The van der Waals surface area contributed by atoms with Gasteiger partial charge >= 0.3 is 0 Å². The van der Waals surface area contributed by atoms with Gasteiger partial charge in [-0.3, -0.25) is 9.59 Å². The zero-order chi connectivity index (χ0) is 18.9. The van der Waals surface area contributed by atoms with Crippen molar-refractivity contribution in [2.45, 2.75) is 37.7 Å². The summed E-state index contributed by atoms with van der Waals surface area (Å²) in [6.45, 7) is 2.73. The molecule has 6 nitrogen and oxygen atoms in total. The molecule has 2 heterocycles. The molecule has 1 N–H and O–H groups in total. The number of methoxy groups -OCH3 is 1. The second-order valence-electron chi connectivity index (χ2n) is 8.29. The molecule has 1 atom stereocenters. The second-order valence-corrected chi connectivity index (χ2v) is 8.29. The van der Waals surface area contributed by atoms with Crippen molar-refractivity contribution in [1.82, 2.24) is 10.2 Å². The third kappa shape index (κ3) is 4.43. The van der Waals surface area contributed by atoms with Crippen molar-refractivity contribution in [3.05, 3.63) is 29.8 Å². The van der Waals surface area contributed by atoms with Gasteiger partial charge in [-0.05, 0) is 48.8 Å². The molecule has 0 aromatic heterocycles. The summed E-state index contributed by atoms with van der Waals surface area (Å²) in [5.74, 6) is 2.03. The van der Waals surface area contributed by atoms with Crippen molar-refractivity contribution in [3.63, 3.8) is 0 Å². The Morgan fingerprint density at radius 3 is 2.63 bits per heavy atom. The highest BCUT2D eigenvalue weighted by Crippen LogP contribution is 2.39. The monoisotopic (exact) mass is 372 g/mol. The van der Waals surface area contributed by atoms with E-state index >= 15 is 0 Å². The molecule has 3 aliphatic rings. The Kier molecular flexibility index (Phi) is 5.08. The van der Waals surface area contributed by atoms with E-state index in [0.29, 0.717) is 38.5 Å². The van der Waals surface area contributed by atoms with Gasteiger partial charge in [-0.2, -0.15) is 0 Å². The zero-order valence-corrected chi connectivity index (χ0v) is 15.9. The molecule has 4 rings (SSSR count). The van der Waals surface area contributed by atoms with Crippen LogP contribution in [0.1, 0.15) is 31.2 Å². The molecule has 1 aromatic rings. The summed E-state index contributed by atoms with van der Waals surface area (Å²) in [5.41, 5.74) is 0.760. The zero-order valence-electron chi connectivity index (χ0n) is 15.9. The third-order valence-corrected chi connectivity index (χ3v) is 5.87. The Labute approximate surface area is 160 Å². The lowest BCUT2D eigenvalue weighted by Gasteiger charge is -2.47. The van der Waals surface area contributed by atoms with Crippen molar-refractivity contribution in [1.29, 1.82) is 0 Å². The van der Waals surface area contributed by atoms with Gasteiger partial charge in [0.25, 0.3) is 0 Å². The number of ether oxygens (including phenoxy) is 2. The van der Waals surface area contributed by atoms with Crippen LogP contribution in [0.2, 0.25) is 0 Å². The van der Waals surface area contributed by atoms with Crippen molar-refractivity contribution in [2.24, 2.45) is 11.8 Å². The minimum atomic E-state index is -0.225. The number of rotatable bonds is 7. The molecule has 146 valence electrons. The fourth-order valence-corrected chi connectivity index (χ4v) is 4.06. The van der Waals surface area contributed by atoms with Crippen LogP contribution in [-0.2, 0) is 20.7 Å². The average molecular weight is 372 g/mol. The van der Waals surface area contributed by atoms with E-state index in [-0.39, 0.29) is 23.3 Å². The lowest BCUT2D eigenvalue weighted by Crippen LogP contribution is -2.63. The van der Waals surface area contributed by atoms with Gasteiger partial charge in [0.15, 0.2) is 0 Å². The van der Waals surface area contributed by atoms with Crippen molar-refractivity contribution in [3.8, 4) is 5.75 Å². The van der Waals surface area contributed by atoms with E-state index < -0.39 is 0 Å². The molecule has 6 heteroatoms. The predicted octanol–water partition coefficient (Wildman–Crippen LogP) is 1.77. The maximum absolute atomic E-state index is 12.5. The highest BCUT2D eigenvalue weighted by atomic mass is 16.5. The first-order chi connectivity index (χ1) is 13.0. The molecule has 1 saturated carbocycles. The third-order valence-electron chi connectivity index (χ3n) is 5.87. The van der Waals surface area contributed by atoms with Gasteiger partial charge in [0.05, 0.1) is 33.2 Å². The van der Waals surface area contributed by atoms with E-state index in [0.717, 1.165) is 24.3 Å². The predicted molar refractivity (Wildman–Crippen MR) is 100 cm³/mol. The fourth-order valence-electron chi connectivity index (χ4n) is 4.06. The van der Waals surface area contributed by atoms with Gasteiger partial charge in [-0.1, -0.05) is 12.1 Å². The van der Waals surface area contributed by atoms with E-state index in [2.05, 4.69) is 5.32 Å². The topological polar surface area (TPSA) is 67.9 Å². The van der Waals surface area contributed by atoms with E-state index in [4.69, 9.17) is 9.47 Å². The molecule has 2 aliphatic heterocycles. The molecule has 2 saturated heterocycles. The molecular formula is C21H28N2O4. The van der Waals surface area contributed by atoms with Crippen LogP contribution in [0.3, 0.4) is 0 Å². The van der Waals surface area contributed by atoms with Gasteiger partial charge in [0.1, 0.15) is 11.4 Å². The molecular weight excluding hydrogens is 344 g/mol. The SMILES string of the molecule is COc1ccc(CC(=O)N2CC3(CC(CC(=O)NCC4CC4)CO3)C2)cc1. The molecule has 1 unspecified atom stereocenters. The number of carbonyl (C=O) groups is 2. The molecule has 3 fully saturated rings. The Hall–Kier alpha value is -2.08. The normalized spacial score (nSPS) is 23.1. The van der Waals surface area contributed by atoms with Crippen LogP contribution in [0.25, 0.3) is 0 Å². The first-order valence-electron chi connectivity index (χ1n) is 9.87. The van der Waals surface area contributed by atoms with E-state index in [1.807, 2.05) is 29.2 Å². The average Bonchev–Trinajstić information content (AvgIpc) is 3.37. The van der Waals surface area contributed by atoms with Crippen LogP contribution >= 0.6 is 0 Å². The van der Waals surface area contributed by atoms with Crippen molar-refractivity contribution >= 4 is 11.8 Å². The number of hydrogen-bond acceptors (Lipinski definition) is 4. The summed E-state index contributed by atoms with van der Waals surface area (Å²) >= 11 is 0. The van der Waals surface area contributed by atoms with E-state index in [1.165, 1.54) is 12.8 Å². The fraction of sp³-hybridized carbons (Fsp3) is 0.619. The minimum Gasteiger partial charge on any atom is -0.497 e. The maximum atomic E-state index is 12.5. The van der Waals surface area contributed by atoms with Crippen LogP contribution < -0.4 is 10.1 Å². The van der Waals surface area contributed by atoms with Gasteiger partial charge in [0, 0.05) is 13.0 Å². The number of nitrogens with zero attached hydrogens (tertiary/aromatic N) is 1. The molecule has 1 spiro atoms. The van der Waals surface area contributed by atoms with Gasteiger partial charge in [-0.25, -0.2) is 0 Å². The van der Waals surface area contributed by atoms with E-state index in [9.17, 15) is 9.59 Å². The standard InChI is InChI=1S/C21H28N2O4/c1-26-18-6-4-15(5-7-18)9-20(25)23-13-21(14-23)10-17(12-27-21)8-19(24)22-11-16-2-3-16/h4-7,16-17H,2-3,8-14H2,1H3,(H,22,24). The van der Waals surface area contributed by atoms with Crippen LogP contribution in [0.15, 0.2) is 24.3 Å². The minimum absolute atomic E-state index is 0.125. The molecule has 2 amide bonds. The van der Waals surface area contributed by atoms with Gasteiger partial charge in [-0.15, -0.1) is 0 Å². The molecule has 27 heavy (non-hydrogen) atoms. The summed E-state index contributed by atoms with van der Waals surface area (Å²) in [6, 6.07) is 7.60. The highest BCUT2D eigenvalue weighted by molar-refractivity contribution is 5.80. The van der Waals surface area contributed by atoms with Crippen LogP contribution in [0, 0.1) is 11.8 Å². The first kappa shape index (κ1) is 18.3. The summed E-state index contributed by atoms with van der Waals surface area (Å²) in [5, 5.41) is 3.03. The van der Waals surface area contributed by atoms with Crippen LogP contribution in [0.4, 0.5) is 0 Å². The Morgan fingerprint density at radius 1 is 1.22 bits per heavy atom. The molecule has 1 aliphatic carbocycles. The molecule has 1 aromatic carbocycles. The number of benzene rings is 1. The molecule has 0 bridgehead atoms. The van der Waals surface area contributed by atoms with Crippen LogP contribution in [0.5, 0.6) is 5.75 Å². The lowest BCUT2D eigenvalue weighted by molar-refractivity contribution is -0.157. The lowest BCUT2D eigenvalue weighted by atomic mass is 9.85. The smallest absolute Gasteiger partial charge is 0.227 e.